The van der Waals surface area contributed by atoms with Crippen molar-refractivity contribution >= 4 is 14.8 Å². The summed E-state index contributed by atoms with van der Waals surface area (Å²) in [6.45, 7) is 11.5. The first-order valence-electron chi connectivity index (χ1n) is 9.43. The highest BCUT2D eigenvalue weighted by Crippen LogP contribution is 2.29. The molecule has 6 heteroatoms. The van der Waals surface area contributed by atoms with Crippen LogP contribution in [-0.2, 0) is 4.79 Å². The van der Waals surface area contributed by atoms with E-state index in [2.05, 4.69) is 18.7 Å². The van der Waals surface area contributed by atoms with E-state index in [1.54, 1.807) is 6.92 Å². The summed E-state index contributed by atoms with van der Waals surface area (Å²) in [6.07, 6.45) is 7.10. The Morgan fingerprint density at radius 2 is 1.93 bits per heavy atom. The minimum absolute atomic E-state index is 0.00311. The van der Waals surface area contributed by atoms with Gasteiger partial charge >= 0.3 is 5.97 Å². The van der Waals surface area contributed by atoms with Crippen LogP contribution in [0.3, 0.4) is 0 Å². The van der Waals surface area contributed by atoms with Crippen LogP contribution in [0.2, 0.25) is 0 Å². The predicted octanol–water partition coefficient (Wildman–Crippen LogP) is 4.82. The molecule has 1 aliphatic rings. The lowest BCUT2D eigenvalue weighted by Crippen LogP contribution is -2.22. The summed E-state index contributed by atoms with van der Waals surface area (Å²) in [5, 5.41) is 19.8. The number of aliphatic hydroxyl groups is 1. The van der Waals surface area contributed by atoms with E-state index in [1.807, 2.05) is 33.0 Å². The van der Waals surface area contributed by atoms with Gasteiger partial charge in [-0.05, 0) is 51.8 Å². The third-order valence-corrected chi connectivity index (χ3v) is 4.67. The van der Waals surface area contributed by atoms with Crippen molar-refractivity contribution in [2.24, 2.45) is 0 Å². The molecule has 0 radical (unpaired) electrons. The van der Waals surface area contributed by atoms with E-state index < -0.39 is 5.97 Å². The fraction of sp³-hybridized carbons (Fsp3) is 0.571. The summed E-state index contributed by atoms with van der Waals surface area (Å²) in [5.41, 5.74) is 3.40. The number of hydrogen-bond donors (Lipinski definition) is 3. The second-order valence-electron chi connectivity index (χ2n) is 6.98. The molecule has 0 spiro atoms. The molecule has 1 atom stereocenters. The molecule has 0 aromatic carbocycles. The molecule has 0 fully saturated rings. The van der Waals surface area contributed by atoms with Crippen molar-refractivity contribution < 1.29 is 19.9 Å². The Morgan fingerprint density at radius 3 is 2.44 bits per heavy atom. The van der Waals surface area contributed by atoms with Crippen LogP contribution in [0.1, 0.15) is 53.9 Å². The smallest absolute Gasteiger partial charge is 0.339 e. The lowest BCUT2D eigenvalue weighted by molar-refractivity contribution is -0.132. The number of allylic oxidation sites excluding steroid dienone is 4. The maximum Gasteiger partial charge on any atom is 0.339 e. The monoisotopic (exact) mass is 397 g/mol. The SMILES string of the molecule is CC1=C(C)C(C(=O)O)=C(O)C(C/C=C(\C)CN(C)CCPO)=CC1.CCC. The third kappa shape index (κ3) is 9.37. The summed E-state index contributed by atoms with van der Waals surface area (Å²) >= 11 is 0. The van der Waals surface area contributed by atoms with Crippen molar-refractivity contribution in [3.8, 4) is 0 Å². The van der Waals surface area contributed by atoms with E-state index in [0.717, 1.165) is 30.4 Å². The van der Waals surface area contributed by atoms with Gasteiger partial charge in [-0.2, -0.15) is 0 Å². The van der Waals surface area contributed by atoms with E-state index in [4.69, 9.17) is 4.89 Å². The normalized spacial score (nSPS) is 15.9. The maximum atomic E-state index is 11.5. The molecule has 0 aromatic rings. The van der Waals surface area contributed by atoms with E-state index in [1.165, 1.54) is 6.42 Å². The summed E-state index contributed by atoms with van der Waals surface area (Å²) in [5.74, 6) is -1.22. The van der Waals surface area contributed by atoms with Gasteiger partial charge in [0.1, 0.15) is 11.3 Å². The van der Waals surface area contributed by atoms with Crippen molar-refractivity contribution in [2.45, 2.75) is 53.9 Å². The van der Waals surface area contributed by atoms with Gasteiger partial charge in [-0.15, -0.1) is 0 Å². The Balaban J connectivity index is 0.00000210. The third-order valence-electron chi connectivity index (χ3n) is 4.22. The predicted molar refractivity (Wildman–Crippen MR) is 116 cm³/mol. The fourth-order valence-electron chi connectivity index (χ4n) is 2.61. The molecular weight excluding hydrogens is 361 g/mol. The van der Waals surface area contributed by atoms with Gasteiger partial charge in [0, 0.05) is 28.1 Å². The van der Waals surface area contributed by atoms with Crippen LogP contribution in [0.5, 0.6) is 0 Å². The number of carboxylic acids is 1. The number of rotatable bonds is 8. The maximum absolute atomic E-state index is 11.5. The first-order valence-corrected chi connectivity index (χ1v) is 10.6. The van der Waals surface area contributed by atoms with Gasteiger partial charge in [-0.25, -0.2) is 4.79 Å². The molecule has 1 rings (SSSR count). The summed E-state index contributed by atoms with van der Waals surface area (Å²) in [4.78, 5) is 22.5. The average Bonchev–Trinajstić information content (AvgIpc) is 2.69. The van der Waals surface area contributed by atoms with Crippen LogP contribution in [0.15, 0.2) is 45.8 Å². The zero-order valence-corrected chi connectivity index (χ0v) is 18.6. The Morgan fingerprint density at radius 1 is 1.33 bits per heavy atom. The van der Waals surface area contributed by atoms with Gasteiger partial charge in [0.05, 0.1) is 0 Å². The number of carboxylic acid groups (broad SMARTS) is 1. The van der Waals surface area contributed by atoms with Crippen LogP contribution >= 0.6 is 8.81 Å². The minimum Gasteiger partial charge on any atom is -0.507 e. The molecule has 154 valence electrons. The molecule has 0 heterocycles. The van der Waals surface area contributed by atoms with Crippen LogP contribution in [-0.4, -0.2) is 52.3 Å². The Hall–Kier alpha value is -1.42. The number of likely N-dealkylation sites (N-methyl/N-ethyl adjacent to an activating group) is 1. The number of aliphatic hydroxyl groups excluding tert-OH is 1. The van der Waals surface area contributed by atoms with Crippen molar-refractivity contribution in [1.29, 1.82) is 0 Å². The molecule has 5 nitrogen and oxygen atoms in total. The number of hydrogen-bond acceptors (Lipinski definition) is 4. The molecular formula is C21H36NO4P. The first-order chi connectivity index (χ1) is 12.7. The molecule has 0 amide bonds. The van der Waals surface area contributed by atoms with Gasteiger partial charge in [0.2, 0.25) is 0 Å². The van der Waals surface area contributed by atoms with E-state index in [0.29, 0.717) is 24.0 Å². The zero-order valence-electron chi connectivity index (χ0n) is 17.6. The van der Waals surface area contributed by atoms with E-state index in [-0.39, 0.29) is 20.1 Å². The van der Waals surface area contributed by atoms with Crippen molar-refractivity contribution in [3.05, 3.63) is 45.8 Å². The zero-order chi connectivity index (χ0) is 21.0. The quantitative estimate of drug-likeness (QED) is 0.404. The minimum atomic E-state index is -1.09. The Bertz CT molecular complexity index is 618. The highest BCUT2D eigenvalue weighted by molar-refractivity contribution is 7.31. The topological polar surface area (TPSA) is 81.0 Å². The van der Waals surface area contributed by atoms with Crippen molar-refractivity contribution in [1.82, 2.24) is 4.90 Å². The number of carbonyl (C=O) groups is 1. The second kappa shape index (κ2) is 13.7. The first kappa shape index (κ1) is 25.6. The summed E-state index contributed by atoms with van der Waals surface area (Å²) in [7, 11) is 1.97. The van der Waals surface area contributed by atoms with E-state index in [9.17, 15) is 15.0 Å². The molecule has 27 heavy (non-hydrogen) atoms. The average molecular weight is 397 g/mol. The van der Waals surface area contributed by atoms with E-state index >= 15 is 0 Å². The van der Waals surface area contributed by atoms with Crippen molar-refractivity contribution in [2.75, 3.05) is 26.3 Å². The Kier molecular flexibility index (Phi) is 13.0. The van der Waals surface area contributed by atoms with Crippen LogP contribution in [0.25, 0.3) is 0 Å². The molecule has 0 aromatic heterocycles. The number of nitrogens with zero attached hydrogens (tertiary/aromatic N) is 1. The molecule has 0 saturated carbocycles. The highest BCUT2D eigenvalue weighted by atomic mass is 31.1. The number of aliphatic carboxylic acids is 1. The molecule has 0 saturated heterocycles. The standard InChI is InChI=1S/C18H28NO4P.C3H8/c1-12(11-19(4)9-10-24-23)5-7-15-8-6-13(2)14(3)16(17(15)20)18(21)22;1-3-2/h5,8,20,23-24H,6-7,9-11H2,1-4H3,(H,21,22);3H2,1-2H3/b12-5+;. The summed E-state index contributed by atoms with van der Waals surface area (Å²) in [6, 6.07) is 0. The largest absolute Gasteiger partial charge is 0.507 e. The van der Waals surface area contributed by atoms with Crippen molar-refractivity contribution in [3.63, 3.8) is 0 Å². The molecule has 1 unspecified atom stereocenters. The van der Waals surface area contributed by atoms with Gasteiger partial charge in [-0.3, -0.25) is 0 Å². The molecule has 1 aliphatic carbocycles. The van der Waals surface area contributed by atoms with Crippen LogP contribution in [0, 0.1) is 0 Å². The van der Waals surface area contributed by atoms with Gasteiger partial charge in [0.15, 0.2) is 0 Å². The molecule has 0 aliphatic heterocycles. The second-order valence-corrected chi connectivity index (χ2v) is 7.79. The summed E-state index contributed by atoms with van der Waals surface area (Å²) < 4.78 is 0. The lowest BCUT2D eigenvalue weighted by Gasteiger charge is -2.16. The van der Waals surface area contributed by atoms with Crippen LogP contribution in [0.4, 0.5) is 0 Å². The fourth-order valence-corrected chi connectivity index (χ4v) is 3.10. The van der Waals surface area contributed by atoms with Crippen LogP contribution < -0.4 is 0 Å². The Labute approximate surface area is 166 Å². The molecule has 0 bridgehead atoms. The van der Waals surface area contributed by atoms with Gasteiger partial charge < -0.3 is 20.0 Å². The lowest BCUT2D eigenvalue weighted by atomic mass is 10.00. The highest BCUT2D eigenvalue weighted by Gasteiger charge is 2.22. The van der Waals surface area contributed by atoms with Gasteiger partial charge in [0.25, 0.3) is 0 Å². The molecule has 3 N–H and O–H groups in total. The van der Waals surface area contributed by atoms with Gasteiger partial charge in [-0.1, -0.05) is 43.6 Å².